The Hall–Kier alpha value is -2.74. The highest BCUT2D eigenvalue weighted by atomic mass is 32.1. The van der Waals surface area contributed by atoms with Gasteiger partial charge in [-0.3, -0.25) is 14.5 Å². The quantitative estimate of drug-likeness (QED) is 0.663. The number of nitrogens with one attached hydrogen (secondary N) is 2. The van der Waals surface area contributed by atoms with Crippen molar-refractivity contribution in [2.45, 2.75) is 64.3 Å². The molecule has 0 radical (unpaired) electrons. The van der Waals surface area contributed by atoms with Gasteiger partial charge < -0.3 is 10.6 Å². The molecule has 2 N–H and O–H groups in total. The van der Waals surface area contributed by atoms with Crippen LogP contribution in [0, 0.1) is 5.92 Å². The molecule has 1 aromatic heterocycles. The topological polar surface area (TPSA) is 91.4 Å². The van der Waals surface area contributed by atoms with Gasteiger partial charge in [0.15, 0.2) is 5.13 Å². The van der Waals surface area contributed by atoms with Crippen LogP contribution in [0.3, 0.4) is 0 Å². The van der Waals surface area contributed by atoms with Crippen LogP contribution in [0.25, 0.3) is 11.3 Å². The third-order valence-electron chi connectivity index (χ3n) is 6.47. The van der Waals surface area contributed by atoms with E-state index in [0.717, 1.165) is 29.0 Å². The zero-order valence-corrected chi connectivity index (χ0v) is 19.8. The average Bonchev–Trinajstić information content (AvgIpc) is 3.29. The number of carbonyl (C=O) groups excluding carboxylic acids is 3. The largest absolute Gasteiger partial charge is 0.325 e. The molecule has 8 heteroatoms. The Bertz CT molecular complexity index is 1030. The minimum Gasteiger partial charge on any atom is -0.323 e. The summed E-state index contributed by atoms with van der Waals surface area (Å²) in [4.78, 5) is 43.4. The third-order valence-corrected chi connectivity index (χ3v) is 7.23. The molecule has 1 aliphatic heterocycles. The van der Waals surface area contributed by atoms with Crippen molar-refractivity contribution in [3.8, 4) is 11.3 Å². The van der Waals surface area contributed by atoms with Crippen molar-refractivity contribution < 1.29 is 14.4 Å². The van der Waals surface area contributed by atoms with Crippen LogP contribution in [-0.2, 0) is 15.0 Å². The van der Waals surface area contributed by atoms with Crippen LogP contribution in [0.1, 0.15) is 58.9 Å². The minimum atomic E-state index is -0.836. The highest BCUT2D eigenvalue weighted by molar-refractivity contribution is 7.14. The first kappa shape index (κ1) is 22.5. The fourth-order valence-electron chi connectivity index (χ4n) is 4.32. The summed E-state index contributed by atoms with van der Waals surface area (Å²) in [6.45, 7) is 8.35. The standard InChI is InChI=1S/C24H30N4O3S/c1-15-9-11-24(12-10-15)20(30)28(22(31)27-24)13-19(29)26-21-25-18(14-32-21)16-5-7-17(8-6-16)23(2,3)4/h5-8,14-15H,9-13H2,1-4H3,(H,27,31)(H,25,26,29). The molecule has 0 unspecified atom stereocenters. The number of hydrogen-bond donors (Lipinski definition) is 2. The number of imide groups is 1. The Balaban J connectivity index is 1.38. The number of carbonyl (C=O) groups is 3. The number of anilines is 1. The molecule has 4 rings (SSSR count). The van der Waals surface area contributed by atoms with Gasteiger partial charge in [-0.1, -0.05) is 52.0 Å². The maximum atomic E-state index is 12.9. The number of amides is 4. The van der Waals surface area contributed by atoms with Gasteiger partial charge in [-0.15, -0.1) is 11.3 Å². The molecule has 1 spiro atoms. The summed E-state index contributed by atoms with van der Waals surface area (Å²) in [5.41, 5.74) is 2.22. The van der Waals surface area contributed by atoms with Gasteiger partial charge in [-0.2, -0.15) is 0 Å². The molecule has 0 bridgehead atoms. The van der Waals surface area contributed by atoms with Crippen LogP contribution >= 0.6 is 11.3 Å². The summed E-state index contributed by atoms with van der Waals surface area (Å²) in [6.07, 6.45) is 3.04. The van der Waals surface area contributed by atoms with Gasteiger partial charge in [0.05, 0.1) is 5.69 Å². The molecule has 1 aliphatic carbocycles. The van der Waals surface area contributed by atoms with Crippen molar-refractivity contribution in [3.63, 3.8) is 0 Å². The lowest BCUT2D eigenvalue weighted by atomic mass is 9.77. The van der Waals surface area contributed by atoms with Crippen molar-refractivity contribution in [1.82, 2.24) is 15.2 Å². The van der Waals surface area contributed by atoms with Crippen LogP contribution in [-0.4, -0.2) is 39.8 Å². The number of hydrogen-bond acceptors (Lipinski definition) is 5. The number of thiazole rings is 1. The second-order valence-electron chi connectivity index (χ2n) is 10.00. The van der Waals surface area contributed by atoms with E-state index in [-0.39, 0.29) is 17.9 Å². The van der Waals surface area contributed by atoms with Crippen LogP contribution in [0.4, 0.5) is 9.93 Å². The van der Waals surface area contributed by atoms with Crippen molar-refractivity contribution in [1.29, 1.82) is 0 Å². The average molecular weight is 455 g/mol. The first-order valence-corrected chi connectivity index (χ1v) is 12.0. The van der Waals surface area contributed by atoms with E-state index in [1.54, 1.807) is 0 Å². The maximum absolute atomic E-state index is 12.9. The lowest BCUT2D eigenvalue weighted by Gasteiger charge is -2.33. The molecule has 1 aromatic carbocycles. The molecule has 7 nitrogen and oxygen atoms in total. The molecule has 2 fully saturated rings. The molecule has 4 amide bonds. The Morgan fingerprint density at radius 3 is 2.50 bits per heavy atom. The summed E-state index contributed by atoms with van der Waals surface area (Å²) < 4.78 is 0. The van der Waals surface area contributed by atoms with E-state index in [2.05, 4.69) is 55.4 Å². The molecule has 1 saturated heterocycles. The number of aromatic nitrogens is 1. The van der Waals surface area contributed by atoms with E-state index in [4.69, 9.17) is 0 Å². The van der Waals surface area contributed by atoms with E-state index >= 15 is 0 Å². The second-order valence-corrected chi connectivity index (χ2v) is 10.9. The molecular weight excluding hydrogens is 424 g/mol. The Labute approximate surface area is 192 Å². The third kappa shape index (κ3) is 4.41. The minimum absolute atomic E-state index is 0.0769. The first-order valence-electron chi connectivity index (χ1n) is 11.1. The predicted molar refractivity (Wildman–Crippen MR) is 125 cm³/mol. The molecular formula is C24H30N4O3S. The summed E-state index contributed by atoms with van der Waals surface area (Å²) in [5, 5.41) is 7.90. The lowest BCUT2D eigenvalue weighted by Crippen LogP contribution is -2.49. The predicted octanol–water partition coefficient (Wildman–Crippen LogP) is 4.55. The van der Waals surface area contributed by atoms with E-state index in [1.165, 1.54) is 16.9 Å². The maximum Gasteiger partial charge on any atom is 0.325 e. The fraction of sp³-hybridized carbons (Fsp3) is 0.500. The second kappa shape index (κ2) is 8.31. The van der Waals surface area contributed by atoms with Crippen molar-refractivity contribution in [2.24, 2.45) is 5.92 Å². The summed E-state index contributed by atoms with van der Waals surface area (Å²) in [7, 11) is 0. The van der Waals surface area contributed by atoms with Crippen LogP contribution in [0.2, 0.25) is 0 Å². The molecule has 2 aromatic rings. The van der Waals surface area contributed by atoms with Gasteiger partial charge in [0.2, 0.25) is 5.91 Å². The van der Waals surface area contributed by atoms with Gasteiger partial charge in [0.25, 0.3) is 5.91 Å². The Morgan fingerprint density at radius 1 is 1.22 bits per heavy atom. The summed E-state index contributed by atoms with van der Waals surface area (Å²) in [5.74, 6) is -0.173. The zero-order valence-electron chi connectivity index (χ0n) is 19.0. The van der Waals surface area contributed by atoms with Gasteiger partial charge in [0, 0.05) is 10.9 Å². The van der Waals surface area contributed by atoms with Gasteiger partial charge in [-0.05, 0) is 42.6 Å². The van der Waals surface area contributed by atoms with Gasteiger partial charge in [-0.25, -0.2) is 9.78 Å². The molecule has 2 aliphatic rings. The highest BCUT2D eigenvalue weighted by Gasteiger charge is 2.52. The van der Waals surface area contributed by atoms with Gasteiger partial charge in [0.1, 0.15) is 12.1 Å². The molecule has 0 atom stereocenters. The monoisotopic (exact) mass is 454 g/mol. The van der Waals surface area contributed by atoms with E-state index in [0.29, 0.717) is 23.9 Å². The van der Waals surface area contributed by atoms with Crippen molar-refractivity contribution >= 4 is 34.3 Å². The Morgan fingerprint density at radius 2 is 1.88 bits per heavy atom. The highest BCUT2D eigenvalue weighted by Crippen LogP contribution is 2.36. The number of benzene rings is 1. The summed E-state index contributed by atoms with van der Waals surface area (Å²) in [6, 6.07) is 7.75. The molecule has 1 saturated carbocycles. The molecule has 170 valence electrons. The summed E-state index contributed by atoms with van der Waals surface area (Å²) >= 11 is 1.32. The molecule has 2 heterocycles. The van der Waals surface area contributed by atoms with E-state index in [9.17, 15) is 14.4 Å². The molecule has 32 heavy (non-hydrogen) atoms. The normalized spacial score (nSPS) is 23.5. The number of urea groups is 1. The van der Waals surface area contributed by atoms with Crippen LogP contribution in [0.15, 0.2) is 29.6 Å². The number of rotatable bonds is 4. The van der Waals surface area contributed by atoms with Crippen LogP contribution < -0.4 is 10.6 Å². The van der Waals surface area contributed by atoms with Gasteiger partial charge >= 0.3 is 6.03 Å². The lowest BCUT2D eigenvalue weighted by molar-refractivity contribution is -0.135. The SMILES string of the molecule is CC1CCC2(CC1)NC(=O)N(CC(=O)Nc1nc(-c3ccc(C(C)(C)C)cc3)cs1)C2=O. The first-order chi connectivity index (χ1) is 15.1. The van der Waals surface area contributed by atoms with E-state index < -0.39 is 17.5 Å². The van der Waals surface area contributed by atoms with Crippen molar-refractivity contribution in [2.75, 3.05) is 11.9 Å². The van der Waals surface area contributed by atoms with Crippen LogP contribution in [0.5, 0.6) is 0 Å². The number of nitrogens with zero attached hydrogens (tertiary/aromatic N) is 2. The van der Waals surface area contributed by atoms with E-state index in [1.807, 2.05) is 17.5 Å². The Kier molecular flexibility index (Phi) is 5.83. The smallest absolute Gasteiger partial charge is 0.323 e. The van der Waals surface area contributed by atoms with Crippen molar-refractivity contribution in [3.05, 3.63) is 35.2 Å². The fourth-order valence-corrected chi connectivity index (χ4v) is 5.06. The zero-order chi connectivity index (χ0) is 23.1.